The van der Waals surface area contributed by atoms with Crippen LogP contribution in [0.15, 0.2) is 24.3 Å². The van der Waals surface area contributed by atoms with Gasteiger partial charge < -0.3 is 11.1 Å². The molecular formula is C13H21N3O. The predicted octanol–water partition coefficient (Wildman–Crippen LogP) is 1.23. The lowest BCUT2D eigenvalue weighted by Gasteiger charge is -2.19. The van der Waals surface area contributed by atoms with Gasteiger partial charge in [0.1, 0.15) is 0 Å². The fraction of sp³-hybridized carbons (Fsp3) is 0.462. The van der Waals surface area contributed by atoms with Gasteiger partial charge in [-0.25, -0.2) is 0 Å². The van der Waals surface area contributed by atoms with E-state index in [1.807, 2.05) is 38.1 Å². The molecule has 0 atom stereocenters. The smallest absolute Gasteiger partial charge is 0.234 e. The number of likely N-dealkylation sites (N-methyl/N-ethyl adjacent to an activating group) is 2. The van der Waals surface area contributed by atoms with Crippen LogP contribution in [0, 0.1) is 0 Å². The third-order valence-corrected chi connectivity index (χ3v) is 2.55. The van der Waals surface area contributed by atoms with E-state index in [9.17, 15) is 4.79 Å². The molecule has 1 rings (SSSR count). The van der Waals surface area contributed by atoms with Crippen molar-refractivity contribution in [3.63, 3.8) is 0 Å². The first-order valence-corrected chi connectivity index (χ1v) is 5.99. The molecule has 0 aromatic heterocycles. The van der Waals surface area contributed by atoms with Crippen LogP contribution in [0.5, 0.6) is 0 Å². The third-order valence-electron chi connectivity index (χ3n) is 2.55. The van der Waals surface area contributed by atoms with Crippen LogP contribution in [0.4, 0.5) is 5.69 Å². The van der Waals surface area contributed by atoms with Crippen molar-refractivity contribution in [3.8, 4) is 0 Å². The van der Waals surface area contributed by atoms with Gasteiger partial charge in [0.15, 0.2) is 0 Å². The molecule has 0 saturated heterocycles. The first-order chi connectivity index (χ1) is 8.15. The number of amides is 1. The van der Waals surface area contributed by atoms with Crippen molar-refractivity contribution in [1.29, 1.82) is 0 Å². The maximum absolute atomic E-state index is 11.5. The molecule has 0 fully saturated rings. The zero-order chi connectivity index (χ0) is 12.7. The molecule has 3 N–H and O–H groups in total. The lowest BCUT2D eigenvalue weighted by atomic mass is 10.2. The van der Waals surface area contributed by atoms with Crippen LogP contribution in [0.3, 0.4) is 0 Å². The molecule has 0 aliphatic carbocycles. The average molecular weight is 235 g/mol. The highest BCUT2D eigenvalue weighted by Gasteiger charge is 2.08. The molecule has 0 aliphatic rings. The summed E-state index contributed by atoms with van der Waals surface area (Å²) < 4.78 is 0. The van der Waals surface area contributed by atoms with E-state index in [1.54, 1.807) is 0 Å². The topological polar surface area (TPSA) is 58.4 Å². The summed E-state index contributed by atoms with van der Waals surface area (Å²) in [5.41, 5.74) is 7.62. The Morgan fingerprint density at radius 2 is 2.18 bits per heavy atom. The molecule has 1 amide bonds. The van der Waals surface area contributed by atoms with E-state index in [0.29, 0.717) is 13.1 Å². The van der Waals surface area contributed by atoms with Gasteiger partial charge >= 0.3 is 0 Å². The number of hydrogen-bond donors (Lipinski definition) is 2. The molecule has 0 saturated carbocycles. The molecule has 1 aromatic carbocycles. The number of nitrogens with zero attached hydrogens (tertiary/aromatic N) is 1. The Morgan fingerprint density at radius 1 is 1.41 bits per heavy atom. The van der Waals surface area contributed by atoms with E-state index in [1.165, 1.54) is 0 Å². The second kappa shape index (κ2) is 6.91. The molecule has 4 nitrogen and oxygen atoms in total. The molecule has 0 spiro atoms. The second-order valence-corrected chi connectivity index (χ2v) is 4.00. The van der Waals surface area contributed by atoms with E-state index >= 15 is 0 Å². The van der Waals surface area contributed by atoms with Gasteiger partial charge in [0, 0.05) is 18.8 Å². The molecule has 1 aromatic rings. The molecule has 4 heteroatoms. The van der Waals surface area contributed by atoms with Crippen LogP contribution in [0.1, 0.15) is 19.4 Å². The minimum atomic E-state index is 0.0678. The Kier molecular flexibility index (Phi) is 5.49. The number of nitrogen functional groups attached to an aromatic ring is 1. The lowest BCUT2D eigenvalue weighted by Crippen LogP contribution is -2.36. The van der Waals surface area contributed by atoms with Crippen molar-refractivity contribution in [2.75, 3.05) is 25.4 Å². The highest BCUT2D eigenvalue weighted by molar-refractivity contribution is 5.77. The normalized spacial score (nSPS) is 10.5. The van der Waals surface area contributed by atoms with Gasteiger partial charge in [0.05, 0.1) is 6.54 Å². The number of rotatable bonds is 6. The van der Waals surface area contributed by atoms with Gasteiger partial charge in [-0.15, -0.1) is 0 Å². The lowest BCUT2D eigenvalue weighted by molar-refractivity contribution is -0.122. The number of anilines is 1. The summed E-state index contributed by atoms with van der Waals surface area (Å²) in [5.74, 6) is 0.0678. The van der Waals surface area contributed by atoms with E-state index in [-0.39, 0.29) is 5.91 Å². The largest absolute Gasteiger partial charge is 0.399 e. The number of hydrogen-bond acceptors (Lipinski definition) is 3. The monoisotopic (exact) mass is 235 g/mol. The highest BCUT2D eigenvalue weighted by atomic mass is 16.2. The molecule has 94 valence electrons. The molecular weight excluding hydrogens is 214 g/mol. The van der Waals surface area contributed by atoms with E-state index in [0.717, 1.165) is 24.3 Å². The molecule has 0 unspecified atom stereocenters. The Balaban J connectivity index is 2.54. The molecule has 17 heavy (non-hydrogen) atoms. The summed E-state index contributed by atoms with van der Waals surface area (Å²) in [5, 5.41) is 2.80. The van der Waals surface area contributed by atoms with Gasteiger partial charge in [-0.2, -0.15) is 0 Å². The van der Waals surface area contributed by atoms with Crippen molar-refractivity contribution in [2.45, 2.75) is 20.4 Å². The number of nitrogens with two attached hydrogens (primary N) is 1. The van der Waals surface area contributed by atoms with Crippen molar-refractivity contribution in [1.82, 2.24) is 10.2 Å². The Morgan fingerprint density at radius 3 is 2.76 bits per heavy atom. The minimum Gasteiger partial charge on any atom is -0.399 e. The molecule has 0 aliphatic heterocycles. The van der Waals surface area contributed by atoms with Crippen molar-refractivity contribution in [2.24, 2.45) is 0 Å². The number of nitrogens with one attached hydrogen (secondary N) is 1. The van der Waals surface area contributed by atoms with Crippen LogP contribution >= 0.6 is 0 Å². The second-order valence-electron chi connectivity index (χ2n) is 4.00. The quantitative estimate of drug-likeness (QED) is 0.729. The Labute approximate surface area is 103 Å². The van der Waals surface area contributed by atoms with Crippen molar-refractivity contribution < 1.29 is 4.79 Å². The van der Waals surface area contributed by atoms with E-state index < -0.39 is 0 Å². The number of carbonyl (C=O) groups excluding carboxylic acids is 1. The van der Waals surface area contributed by atoms with Gasteiger partial charge in [-0.1, -0.05) is 19.1 Å². The molecule has 0 bridgehead atoms. The first kappa shape index (κ1) is 13.5. The number of carbonyl (C=O) groups is 1. The van der Waals surface area contributed by atoms with Gasteiger partial charge in [0.2, 0.25) is 5.91 Å². The van der Waals surface area contributed by atoms with E-state index in [2.05, 4.69) is 10.2 Å². The minimum absolute atomic E-state index is 0.0678. The maximum Gasteiger partial charge on any atom is 0.234 e. The van der Waals surface area contributed by atoms with Crippen LogP contribution < -0.4 is 11.1 Å². The fourth-order valence-electron chi connectivity index (χ4n) is 1.69. The van der Waals surface area contributed by atoms with Crippen LogP contribution in [-0.2, 0) is 11.3 Å². The first-order valence-electron chi connectivity index (χ1n) is 5.99. The maximum atomic E-state index is 11.5. The average Bonchev–Trinajstić information content (AvgIpc) is 2.28. The zero-order valence-corrected chi connectivity index (χ0v) is 10.6. The molecule has 0 heterocycles. The summed E-state index contributed by atoms with van der Waals surface area (Å²) in [4.78, 5) is 13.6. The summed E-state index contributed by atoms with van der Waals surface area (Å²) in [7, 11) is 0. The summed E-state index contributed by atoms with van der Waals surface area (Å²) in [6, 6.07) is 7.77. The SMILES string of the molecule is CCNC(=O)CN(CC)Cc1cccc(N)c1. The fourth-order valence-corrected chi connectivity index (χ4v) is 1.69. The molecule has 0 radical (unpaired) electrons. The van der Waals surface area contributed by atoms with Gasteiger partial charge in [-0.05, 0) is 31.2 Å². The number of benzene rings is 1. The van der Waals surface area contributed by atoms with Gasteiger partial charge in [-0.3, -0.25) is 9.69 Å². The zero-order valence-electron chi connectivity index (χ0n) is 10.6. The van der Waals surface area contributed by atoms with Crippen molar-refractivity contribution in [3.05, 3.63) is 29.8 Å². The van der Waals surface area contributed by atoms with Crippen molar-refractivity contribution >= 4 is 11.6 Å². The standard InChI is InChI=1S/C13H21N3O/c1-3-15-13(17)10-16(4-2)9-11-6-5-7-12(14)8-11/h5-8H,3-4,9-10,14H2,1-2H3,(H,15,17). The summed E-state index contributed by atoms with van der Waals surface area (Å²) >= 11 is 0. The predicted molar refractivity (Wildman–Crippen MR) is 70.5 cm³/mol. The Hall–Kier alpha value is -1.55. The third kappa shape index (κ3) is 4.87. The highest BCUT2D eigenvalue weighted by Crippen LogP contribution is 2.09. The van der Waals surface area contributed by atoms with Crippen LogP contribution in [0.2, 0.25) is 0 Å². The van der Waals surface area contributed by atoms with Gasteiger partial charge in [0.25, 0.3) is 0 Å². The van der Waals surface area contributed by atoms with Crippen LogP contribution in [-0.4, -0.2) is 30.4 Å². The summed E-state index contributed by atoms with van der Waals surface area (Å²) in [6.45, 7) is 6.66. The van der Waals surface area contributed by atoms with E-state index in [4.69, 9.17) is 5.73 Å². The summed E-state index contributed by atoms with van der Waals surface area (Å²) in [6.07, 6.45) is 0. The van der Waals surface area contributed by atoms with Crippen LogP contribution in [0.25, 0.3) is 0 Å². The Bertz CT molecular complexity index is 365.